The highest BCUT2D eigenvalue weighted by Gasteiger charge is 2.23. The van der Waals surface area contributed by atoms with Gasteiger partial charge in [0.15, 0.2) is 11.5 Å². The minimum absolute atomic E-state index is 0.0544. The third kappa shape index (κ3) is 3.68. The number of nitro benzene ring substituents is 1. The second-order valence-electron chi connectivity index (χ2n) is 5.56. The van der Waals surface area contributed by atoms with E-state index in [1.807, 2.05) is 0 Å². The van der Waals surface area contributed by atoms with Gasteiger partial charge in [0.1, 0.15) is 11.6 Å². The lowest BCUT2D eigenvalue weighted by atomic mass is 10.1. The summed E-state index contributed by atoms with van der Waals surface area (Å²) >= 11 is 6.02. The van der Waals surface area contributed by atoms with Crippen LogP contribution < -0.4 is 14.8 Å². The van der Waals surface area contributed by atoms with Gasteiger partial charge in [-0.25, -0.2) is 0 Å². The van der Waals surface area contributed by atoms with Crippen LogP contribution in [0.25, 0.3) is 6.08 Å². The lowest BCUT2D eigenvalue weighted by molar-refractivity contribution is -0.385. The largest absolute Gasteiger partial charge is 0.454 e. The smallest absolute Gasteiger partial charge is 0.280 e. The summed E-state index contributed by atoms with van der Waals surface area (Å²) in [5.41, 5.74) is 0.515. The van der Waals surface area contributed by atoms with E-state index in [0.29, 0.717) is 22.0 Å². The molecule has 0 saturated carbocycles. The highest BCUT2D eigenvalue weighted by Crippen LogP contribution is 2.38. The van der Waals surface area contributed by atoms with E-state index in [2.05, 4.69) is 5.32 Å². The number of halogens is 1. The second kappa shape index (κ2) is 7.35. The normalized spacial score (nSPS) is 12.4. The molecule has 2 aromatic rings. The van der Waals surface area contributed by atoms with Gasteiger partial charge in [-0.05, 0) is 36.8 Å². The number of anilines is 1. The van der Waals surface area contributed by atoms with E-state index < -0.39 is 10.8 Å². The molecule has 3 rings (SSSR count). The van der Waals surface area contributed by atoms with E-state index in [9.17, 15) is 20.2 Å². The number of nitrogens with zero attached hydrogens (tertiary/aromatic N) is 2. The zero-order valence-electron chi connectivity index (χ0n) is 14.0. The summed E-state index contributed by atoms with van der Waals surface area (Å²) in [6.07, 6.45) is 1.13. The molecule has 1 aliphatic heterocycles. The van der Waals surface area contributed by atoms with Crippen LogP contribution in [0.2, 0.25) is 5.02 Å². The molecular formula is C18H12ClN3O5. The van der Waals surface area contributed by atoms with Gasteiger partial charge in [-0.15, -0.1) is 0 Å². The third-order valence-electron chi connectivity index (χ3n) is 3.90. The summed E-state index contributed by atoms with van der Waals surface area (Å²) in [7, 11) is 0. The van der Waals surface area contributed by atoms with Gasteiger partial charge in [-0.1, -0.05) is 17.7 Å². The van der Waals surface area contributed by atoms with Crippen molar-refractivity contribution in [3.05, 3.63) is 62.2 Å². The second-order valence-corrected chi connectivity index (χ2v) is 5.96. The van der Waals surface area contributed by atoms with Gasteiger partial charge in [0, 0.05) is 10.7 Å². The molecule has 1 aliphatic rings. The number of carbonyl (C=O) groups excluding carboxylic acids is 1. The first-order valence-electron chi connectivity index (χ1n) is 7.67. The molecule has 9 heteroatoms. The van der Waals surface area contributed by atoms with Crippen LogP contribution in [0, 0.1) is 28.4 Å². The molecule has 0 atom stereocenters. The van der Waals surface area contributed by atoms with Crippen LogP contribution in [0.15, 0.2) is 35.9 Å². The number of hydrogen-bond donors (Lipinski definition) is 1. The number of ether oxygens (including phenoxy) is 2. The first-order chi connectivity index (χ1) is 12.9. The van der Waals surface area contributed by atoms with Crippen molar-refractivity contribution in [1.82, 2.24) is 0 Å². The molecule has 27 heavy (non-hydrogen) atoms. The van der Waals surface area contributed by atoms with Crippen LogP contribution in [0.1, 0.15) is 11.1 Å². The highest BCUT2D eigenvalue weighted by molar-refractivity contribution is 6.31. The Hall–Kier alpha value is -3.57. The number of hydrogen-bond acceptors (Lipinski definition) is 6. The Labute approximate surface area is 158 Å². The molecule has 0 radical (unpaired) electrons. The third-order valence-corrected chi connectivity index (χ3v) is 4.31. The van der Waals surface area contributed by atoms with Gasteiger partial charge in [0.25, 0.3) is 11.6 Å². The average molecular weight is 386 g/mol. The van der Waals surface area contributed by atoms with Crippen LogP contribution in [0.5, 0.6) is 11.5 Å². The molecule has 0 spiro atoms. The molecule has 0 aliphatic carbocycles. The van der Waals surface area contributed by atoms with Crippen molar-refractivity contribution in [2.24, 2.45) is 0 Å². The number of nitro groups is 1. The molecule has 1 amide bonds. The number of nitrogens with one attached hydrogen (secondary N) is 1. The average Bonchev–Trinajstić information content (AvgIpc) is 3.09. The summed E-state index contributed by atoms with van der Waals surface area (Å²) in [6.45, 7) is 1.66. The number of nitriles is 1. The summed E-state index contributed by atoms with van der Waals surface area (Å²) in [5.74, 6) is -0.179. The van der Waals surface area contributed by atoms with Gasteiger partial charge in [-0.2, -0.15) is 5.26 Å². The van der Waals surface area contributed by atoms with E-state index >= 15 is 0 Å². The molecule has 0 saturated heterocycles. The molecule has 2 aromatic carbocycles. The minimum Gasteiger partial charge on any atom is -0.454 e. The summed E-state index contributed by atoms with van der Waals surface area (Å²) in [6, 6.07) is 9.28. The van der Waals surface area contributed by atoms with Crippen LogP contribution >= 0.6 is 11.6 Å². The number of fused-ring (bicyclic) bond motifs is 1. The Balaban J connectivity index is 1.97. The summed E-state index contributed by atoms with van der Waals surface area (Å²) < 4.78 is 10.3. The first kappa shape index (κ1) is 18.2. The van der Waals surface area contributed by atoms with Crippen molar-refractivity contribution in [3.8, 4) is 17.6 Å². The zero-order chi connectivity index (χ0) is 19.6. The summed E-state index contributed by atoms with van der Waals surface area (Å²) in [4.78, 5) is 23.1. The van der Waals surface area contributed by atoms with E-state index in [1.165, 1.54) is 12.1 Å². The molecule has 0 bridgehead atoms. The lowest BCUT2D eigenvalue weighted by Crippen LogP contribution is -2.14. The van der Waals surface area contributed by atoms with Crippen molar-refractivity contribution >= 4 is 35.0 Å². The molecule has 136 valence electrons. The fraction of sp³-hybridized carbons (Fsp3) is 0.111. The quantitative estimate of drug-likeness (QED) is 0.370. The van der Waals surface area contributed by atoms with Crippen molar-refractivity contribution in [3.63, 3.8) is 0 Å². The SMILES string of the molecule is Cc1c(Cl)cccc1NC(=O)/C(C#N)=C\c1cc2c(cc1[N+](=O)[O-])OCO2. The maximum absolute atomic E-state index is 12.5. The zero-order valence-corrected chi connectivity index (χ0v) is 14.7. The molecule has 0 aromatic heterocycles. The van der Waals surface area contributed by atoms with Crippen LogP contribution in [-0.4, -0.2) is 17.6 Å². The van der Waals surface area contributed by atoms with Crippen LogP contribution in [0.3, 0.4) is 0 Å². The molecule has 1 heterocycles. The Morgan fingerprint density at radius 2 is 2.07 bits per heavy atom. The number of rotatable bonds is 4. The van der Waals surface area contributed by atoms with Crippen molar-refractivity contribution in [1.29, 1.82) is 5.26 Å². The van der Waals surface area contributed by atoms with Crippen LogP contribution in [-0.2, 0) is 4.79 Å². The van der Waals surface area contributed by atoms with Gasteiger partial charge < -0.3 is 14.8 Å². The Morgan fingerprint density at radius 3 is 2.74 bits per heavy atom. The topological polar surface area (TPSA) is 114 Å². The molecule has 0 fully saturated rings. The van der Waals surface area contributed by atoms with Gasteiger partial charge in [0.2, 0.25) is 6.79 Å². The Morgan fingerprint density at radius 1 is 1.37 bits per heavy atom. The van der Waals surface area contributed by atoms with Gasteiger partial charge in [0.05, 0.1) is 16.6 Å². The van der Waals surface area contributed by atoms with Gasteiger partial charge >= 0.3 is 0 Å². The van der Waals surface area contributed by atoms with E-state index in [-0.39, 0.29) is 29.4 Å². The van der Waals surface area contributed by atoms with Crippen LogP contribution in [0.4, 0.5) is 11.4 Å². The molecule has 0 unspecified atom stereocenters. The Bertz CT molecular complexity index is 1030. The molecular weight excluding hydrogens is 374 g/mol. The lowest BCUT2D eigenvalue weighted by Gasteiger charge is -2.09. The predicted octanol–water partition coefficient (Wildman–Crippen LogP) is 3.83. The van der Waals surface area contributed by atoms with E-state index in [1.54, 1.807) is 31.2 Å². The maximum atomic E-state index is 12.5. The number of carbonyl (C=O) groups is 1. The summed E-state index contributed by atoms with van der Waals surface area (Å²) in [5, 5.41) is 23.7. The minimum atomic E-state index is -0.713. The fourth-order valence-electron chi connectivity index (χ4n) is 2.46. The number of amides is 1. The Kier molecular flexibility index (Phi) is 4.96. The monoisotopic (exact) mass is 385 g/mol. The maximum Gasteiger partial charge on any atom is 0.280 e. The molecule has 1 N–H and O–H groups in total. The standard InChI is InChI=1S/C18H12ClN3O5/c1-10-13(19)3-2-4-14(10)21-18(23)12(8-20)5-11-6-16-17(27-9-26-16)7-15(11)22(24)25/h2-7H,9H2,1H3,(H,21,23)/b12-5-. The van der Waals surface area contributed by atoms with E-state index in [0.717, 1.165) is 6.08 Å². The van der Waals surface area contributed by atoms with Crippen molar-refractivity contribution < 1.29 is 19.2 Å². The van der Waals surface area contributed by atoms with Gasteiger partial charge in [-0.3, -0.25) is 14.9 Å². The number of benzene rings is 2. The van der Waals surface area contributed by atoms with E-state index in [4.69, 9.17) is 21.1 Å². The molecule has 8 nitrogen and oxygen atoms in total. The van der Waals surface area contributed by atoms with Crippen molar-refractivity contribution in [2.75, 3.05) is 12.1 Å². The fourth-order valence-corrected chi connectivity index (χ4v) is 2.63. The van der Waals surface area contributed by atoms with Crippen molar-refractivity contribution in [2.45, 2.75) is 6.92 Å². The first-order valence-corrected chi connectivity index (χ1v) is 8.05. The predicted molar refractivity (Wildman–Crippen MR) is 97.6 cm³/mol. The highest BCUT2D eigenvalue weighted by atomic mass is 35.5.